The van der Waals surface area contributed by atoms with Crippen LogP contribution < -0.4 is 15.4 Å². The van der Waals surface area contributed by atoms with Gasteiger partial charge in [0.2, 0.25) is 11.8 Å². The SMILES string of the molecule is CNC(=O)[C@@H](NC(=O)[C@H](c1ccc(OC)cc1)[C@H](COCc1ccccc1)C(=O)O)C(C)(C)C. The third-order valence-electron chi connectivity index (χ3n) is 5.55. The van der Waals surface area contributed by atoms with Crippen molar-refractivity contribution in [3.05, 3.63) is 65.7 Å². The number of hydrogen-bond acceptors (Lipinski definition) is 5. The summed E-state index contributed by atoms with van der Waals surface area (Å²) in [6.45, 7) is 5.51. The lowest BCUT2D eigenvalue weighted by Crippen LogP contribution is -2.54. The van der Waals surface area contributed by atoms with Crippen molar-refractivity contribution in [2.24, 2.45) is 11.3 Å². The van der Waals surface area contributed by atoms with Crippen LogP contribution in [-0.2, 0) is 25.7 Å². The summed E-state index contributed by atoms with van der Waals surface area (Å²) in [6, 6.07) is 15.2. The topological polar surface area (TPSA) is 114 Å². The largest absolute Gasteiger partial charge is 0.497 e. The molecule has 3 N–H and O–H groups in total. The van der Waals surface area contributed by atoms with Gasteiger partial charge in [0.1, 0.15) is 11.8 Å². The molecular weight excluding hydrogens is 436 g/mol. The molecule has 8 heteroatoms. The summed E-state index contributed by atoms with van der Waals surface area (Å²) in [4.78, 5) is 38.3. The summed E-state index contributed by atoms with van der Waals surface area (Å²) in [5, 5.41) is 15.4. The van der Waals surface area contributed by atoms with Crippen LogP contribution in [0.5, 0.6) is 5.75 Å². The summed E-state index contributed by atoms with van der Waals surface area (Å²) in [7, 11) is 3.01. The Labute approximate surface area is 200 Å². The third kappa shape index (κ3) is 7.31. The van der Waals surface area contributed by atoms with Gasteiger partial charge in [-0.2, -0.15) is 0 Å². The lowest BCUT2D eigenvalue weighted by molar-refractivity contribution is -0.148. The van der Waals surface area contributed by atoms with Crippen LogP contribution in [0.15, 0.2) is 54.6 Å². The zero-order chi connectivity index (χ0) is 25.3. The number of nitrogens with one attached hydrogen (secondary N) is 2. The zero-order valence-electron chi connectivity index (χ0n) is 20.3. The van der Waals surface area contributed by atoms with Crippen molar-refractivity contribution in [1.82, 2.24) is 10.6 Å². The van der Waals surface area contributed by atoms with E-state index in [-0.39, 0.29) is 19.1 Å². The number of carbonyl (C=O) groups is 3. The van der Waals surface area contributed by atoms with E-state index in [0.717, 1.165) is 5.56 Å². The summed E-state index contributed by atoms with van der Waals surface area (Å²) in [6.07, 6.45) is 0. The van der Waals surface area contributed by atoms with Gasteiger partial charge in [-0.3, -0.25) is 14.4 Å². The van der Waals surface area contributed by atoms with E-state index in [1.54, 1.807) is 24.3 Å². The van der Waals surface area contributed by atoms with Gasteiger partial charge in [-0.15, -0.1) is 0 Å². The molecule has 0 bridgehead atoms. The number of methoxy groups -OCH3 is 1. The van der Waals surface area contributed by atoms with Gasteiger partial charge in [-0.1, -0.05) is 63.2 Å². The molecule has 8 nitrogen and oxygen atoms in total. The van der Waals surface area contributed by atoms with Crippen LogP contribution >= 0.6 is 0 Å². The van der Waals surface area contributed by atoms with E-state index in [2.05, 4.69) is 10.6 Å². The fourth-order valence-electron chi connectivity index (χ4n) is 3.62. The highest BCUT2D eigenvalue weighted by molar-refractivity contribution is 5.93. The van der Waals surface area contributed by atoms with E-state index in [1.807, 2.05) is 51.1 Å². The van der Waals surface area contributed by atoms with E-state index >= 15 is 0 Å². The minimum Gasteiger partial charge on any atom is -0.497 e. The van der Waals surface area contributed by atoms with Gasteiger partial charge in [-0.25, -0.2) is 0 Å². The van der Waals surface area contributed by atoms with E-state index in [4.69, 9.17) is 9.47 Å². The van der Waals surface area contributed by atoms with Gasteiger partial charge in [0, 0.05) is 7.05 Å². The molecule has 0 fully saturated rings. The first-order chi connectivity index (χ1) is 16.1. The van der Waals surface area contributed by atoms with Gasteiger partial charge in [-0.05, 0) is 28.7 Å². The number of hydrogen-bond donors (Lipinski definition) is 3. The van der Waals surface area contributed by atoms with Gasteiger partial charge < -0.3 is 25.2 Å². The summed E-state index contributed by atoms with van der Waals surface area (Å²) in [5.41, 5.74) is 0.783. The van der Waals surface area contributed by atoms with Crippen LogP contribution in [0.1, 0.15) is 37.8 Å². The second-order valence-electron chi connectivity index (χ2n) is 9.12. The number of carboxylic acid groups (broad SMARTS) is 1. The van der Waals surface area contributed by atoms with E-state index in [0.29, 0.717) is 11.3 Å². The molecule has 2 aromatic carbocycles. The fourth-order valence-corrected chi connectivity index (χ4v) is 3.62. The molecular formula is C26H34N2O6. The molecule has 0 aromatic heterocycles. The summed E-state index contributed by atoms with van der Waals surface area (Å²) in [5.74, 6) is -3.79. The van der Waals surface area contributed by atoms with Crippen molar-refractivity contribution >= 4 is 17.8 Å². The smallest absolute Gasteiger partial charge is 0.310 e. The maximum absolute atomic E-state index is 13.5. The van der Waals surface area contributed by atoms with Crippen LogP contribution in [-0.4, -0.2) is 49.7 Å². The normalized spacial score (nSPS) is 13.9. The van der Waals surface area contributed by atoms with E-state index < -0.39 is 35.2 Å². The number of aliphatic carboxylic acids is 1. The van der Waals surface area contributed by atoms with Crippen LogP contribution in [0, 0.1) is 11.3 Å². The first-order valence-corrected chi connectivity index (χ1v) is 11.1. The average molecular weight is 471 g/mol. The van der Waals surface area contributed by atoms with Crippen molar-refractivity contribution in [3.63, 3.8) is 0 Å². The monoisotopic (exact) mass is 470 g/mol. The third-order valence-corrected chi connectivity index (χ3v) is 5.55. The molecule has 0 spiro atoms. The molecule has 2 rings (SSSR count). The van der Waals surface area contributed by atoms with Crippen LogP contribution in [0.4, 0.5) is 0 Å². The Kier molecular flexibility index (Phi) is 9.62. The maximum Gasteiger partial charge on any atom is 0.310 e. The molecule has 3 atom stereocenters. The molecule has 0 aliphatic heterocycles. The molecule has 0 aliphatic carbocycles. The number of carbonyl (C=O) groups excluding carboxylic acids is 2. The first kappa shape index (κ1) is 26.9. The van der Waals surface area contributed by atoms with Gasteiger partial charge in [0.05, 0.1) is 32.2 Å². The number of likely N-dealkylation sites (N-methyl/N-ethyl adjacent to an activating group) is 1. The molecule has 2 amide bonds. The van der Waals surface area contributed by atoms with Crippen LogP contribution in [0.25, 0.3) is 0 Å². The molecule has 0 aliphatic rings. The molecule has 2 aromatic rings. The Morgan fingerprint density at radius 3 is 2.09 bits per heavy atom. The summed E-state index contributed by atoms with van der Waals surface area (Å²) < 4.78 is 10.9. The van der Waals surface area contributed by atoms with Crippen molar-refractivity contribution in [1.29, 1.82) is 0 Å². The second kappa shape index (κ2) is 12.2. The zero-order valence-corrected chi connectivity index (χ0v) is 20.3. The predicted octanol–water partition coefficient (Wildman–Crippen LogP) is 2.97. The van der Waals surface area contributed by atoms with Crippen molar-refractivity contribution in [2.45, 2.75) is 39.3 Å². The number of amides is 2. The quantitative estimate of drug-likeness (QED) is 0.465. The highest BCUT2D eigenvalue weighted by Crippen LogP contribution is 2.29. The van der Waals surface area contributed by atoms with Gasteiger partial charge in [0.25, 0.3) is 0 Å². The van der Waals surface area contributed by atoms with Crippen LogP contribution in [0.3, 0.4) is 0 Å². The van der Waals surface area contributed by atoms with Crippen LogP contribution in [0.2, 0.25) is 0 Å². The second-order valence-corrected chi connectivity index (χ2v) is 9.12. The standard InChI is InChI=1S/C26H34N2O6/c1-26(2,3)22(24(30)27-4)28-23(29)21(18-11-13-19(33-5)14-12-18)20(25(31)32)16-34-15-17-9-7-6-8-10-17/h6-14,20-22H,15-16H2,1-5H3,(H,27,30)(H,28,29)(H,31,32)/t20-,21+,22+/m0/s1. The number of carboxylic acids is 1. The Balaban J connectivity index is 2.36. The number of rotatable bonds is 11. The average Bonchev–Trinajstić information content (AvgIpc) is 2.81. The molecule has 0 heterocycles. The highest BCUT2D eigenvalue weighted by Gasteiger charge is 2.39. The van der Waals surface area contributed by atoms with Gasteiger partial charge in [0.15, 0.2) is 0 Å². The molecule has 184 valence electrons. The Bertz CT molecular complexity index is 954. The lowest BCUT2D eigenvalue weighted by Gasteiger charge is -2.32. The van der Waals surface area contributed by atoms with Gasteiger partial charge >= 0.3 is 5.97 Å². The Morgan fingerprint density at radius 1 is 0.971 bits per heavy atom. The van der Waals surface area contributed by atoms with Crippen molar-refractivity contribution in [3.8, 4) is 5.75 Å². The van der Waals surface area contributed by atoms with Crippen molar-refractivity contribution < 1.29 is 29.0 Å². The minimum atomic E-state index is -1.18. The minimum absolute atomic E-state index is 0.186. The fraction of sp³-hybridized carbons (Fsp3) is 0.423. The number of benzene rings is 2. The summed E-state index contributed by atoms with van der Waals surface area (Å²) >= 11 is 0. The Morgan fingerprint density at radius 2 is 1.59 bits per heavy atom. The molecule has 0 radical (unpaired) electrons. The molecule has 0 unspecified atom stereocenters. The predicted molar refractivity (Wildman–Crippen MR) is 128 cm³/mol. The Hall–Kier alpha value is -3.39. The first-order valence-electron chi connectivity index (χ1n) is 11.1. The van der Waals surface area contributed by atoms with Crippen molar-refractivity contribution in [2.75, 3.05) is 20.8 Å². The molecule has 0 saturated heterocycles. The maximum atomic E-state index is 13.5. The number of ether oxygens (including phenoxy) is 2. The highest BCUT2D eigenvalue weighted by atomic mass is 16.5. The lowest BCUT2D eigenvalue weighted by atomic mass is 9.82. The van der Waals surface area contributed by atoms with E-state index in [9.17, 15) is 19.5 Å². The molecule has 34 heavy (non-hydrogen) atoms. The molecule has 0 saturated carbocycles. The van der Waals surface area contributed by atoms with E-state index in [1.165, 1.54) is 14.2 Å².